The van der Waals surface area contributed by atoms with Crippen molar-refractivity contribution in [2.75, 3.05) is 0 Å². The molecule has 0 N–H and O–H groups in total. The van der Waals surface area contributed by atoms with Crippen LogP contribution >= 0.6 is 0 Å². The molecule has 0 spiro atoms. The van der Waals surface area contributed by atoms with Crippen LogP contribution in [0.2, 0.25) is 0 Å². The van der Waals surface area contributed by atoms with Gasteiger partial charge in [-0.2, -0.15) is 26.3 Å². The predicted molar refractivity (Wildman–Crippen MR) is 27.5 cm³/mol. The molecule has 1 aromatic rings. The molecule has 14 heavy (non-hydrogen) atoms. The van der Waals surface area contributed by atoms with E-state index >= 15 is 0 Å². The maximum atomic E-state index is 11.8. The zero-order chi connectivity index (χ0) is 10.3. The van der Waals surface area contributed by atoms with Crippen LogP contribution in [0.4, 0.5) is 26.3 Å². The van der Waals surface area contributed by atoms with E-state index in [1.54, 1.807) is 0 Å². The number of hydrogen-bond donors (Lipinski definition) is 0. The van der Waals surface area contributed by atoms with Gasteiger partial charge in [-0.25, -0.2) is 0 Å². The van der Waals surface area contributed by atoms with Gasteiger partial charge >= 0.3 is 31.2 Å². The van der Waals surface area contributed by atoms with Gasteiger partial charge in [-0.05, 0) is 11.1 Å². The van der Waals surface area contributed by atoms with Gasteiger partial charge < -0.3 is 4.42 Å². The summed E-state index contributed by atoms with van der Waals surface area (Å²) >= 11 is 0. The maximum absolute atomic E-state index is 11.8. The summed E-state index contributed by atoms with van der Waals surface area (Å²) in [6, 6.07) is 0. The van der Waals surface area contributed by atoms with Crippen molar-refractivity contribution in [2.24, 2.45) is 0 Å². The number of furan rings is 1. The van der Waals surface area contributed by atoms with Crippen LogP contribution in [0.25, 0.3) is 0 Å². The van der Waals surface area contributed by atoms with Crippen molar-refractivity contribution >= 4 is 0 Å². The van der Waals surface area contributed by atoms with Crippen molar-refractivity contribution in [3.63, 3.8) is 0 Å². The molecule has 0 unspecified atom stereocenters. The minimum Gasteiger partial charge on any atom is -0.598 e. The molecule has 1 heterocycles. The normalized spacial score (nSPS) is 12.4. The topological polar surface area (TPSA) is 13.1 Å². The summed E-state index contributed by atoms with van der Waals surface area (Å²) in [7, 11) is 0. The molecule has 0 aliphatic carbocycles. The van der Waals surface area contributed by atoms with Crippen molar-refractivity contribution in [1.82, 2.24) is 0 Å². The Morgan fingerprint density at radius 1 is 1.00 bits per heavy atom. The largest absolute Gasteiger partial charge is 1.00 e. The van der Waals surface area contributed by atoms with Gasteiger partial charge in [0.05, 0.1) is 0 Å². The Balaban J connectivity index is 0.00000169. The third-order valence-corrected chi connectivity index (χ3v) is 1.20. The average molecular weight is 210 g/mol. The molecule has 1 rings (SSSR count). The van der Waals surface area contributed by atoms with E-state index < -0.39 is 23.5 Å². The molecular weight excluding hydrogens is 209 g/mol. The molecule has 0 aliphatic rings. The van der Waals surface area contributed by atoms with E-state index in [9.17, 15) is 26.3 Å². The second-order valence-corrected chi connectivity index (χ2v) is 2.12. The summed E-state index contributed by atoms with van der Waals surface area (Å²) < 4.78 is 74.7. The number of alkyl halides is 6. The van der Waals surface area contributed by atoms with Crippen LogP contribution < -0.4 is 18.9 Å². The second-order valence-electron chi connectivity index (χ2n) is 2.12. The van der Waals surface area contributed by atoms with Crippen LogP contribution in [0.1, 0.15) is 11.1 Å². The minimum atomic E-state index is -5.10. The zero-order valence-corrected chi connectivity index (χ0v) is 6.75. The molecule has 0 bridgehead atoms. The monoisotopic (exact) mass is 210 g/mol. The second kappa shape index (κ2) is 3.91. The standard InChI is InChI=1S/C6HF6O.Li/c7-5(8,9)3-1-13-2-4(3)6(10,11)12;/h1H;/q-1;+1. The third-order valence-electron chi connectivity index (χ3n) is 1.20. The number of rotatable bonds is 0. The number of hydrogen-bond acceptors (Lipinski definition) is 1. The molecule has 1 nitrogen and oxygen atoms in total. The van der Waals surface area contributed by atoms with Gasteiger partial charge in [-0.1, -0.05) is 6.26 Å². The summed E-state index contributed by atoms with van der Waals surface area (Å²) in [5, 5.41) is 0. The minimum absolute atomic E-state index is 0. The van der Waals surface area contributed by atoms with Crippen LogP contribution in [-0.4, -0.2) is 0 Å². The van der Waals surface area contributed by atoms with Crippen LogP contribution in [0.5, 0.6) is 0 Å². The molecule has 0 atom stereocenters. The fraction of sp³-hybridized carbons (Fsp3) is 0.333. The van der Waals surface area contributed by atoms with Crippen molar-refractivity contribution in [1.29, 1.82) is 0 Å². The molecule has 0 aromatic carbocycles. The quantitative estimate of drug-likeness (QED) is 0.337. The SMILES string of the molecule is FC(F)(F)c1[c-]occ1C(F)(F)F.[Li+]. The molecule has 0 amide bonds. The Hall–Kier alpha value is -0.543. The maximum Gasteiger partial charge on any atom is 1.00 e. The number of halogens is 6. The fourth-order valence-corrected chi connectivity index (χ4v) is 0.680. The molecule has 0 radical (unpaired) electrons. The first-order chi connectivity index (χ1) is 5.73. The molecule has 0 saturated heterocycles. The van der Waals surface area contributed by atoms with Crippen molar-refractivity contribution in [2.45, 2.75) is 12.4 Å². The van der Waals surface area contributed by atoms with Crippen molar-refractivity contribution < 1.29 is 49.6 Å². The molecular formula is C6HF6LiO. The Morgan fingerprint density at radius 3 is 1.79 bits per heavy atom. The summed E-state index contributed by atoms with van der Waals surface area (Å²) in [5.74, 6) is 0. The summed E-state index contributed by atoms with van der Waals surface area (Å²) in [5.41, 5.74) is -3.79. The molecule has 8 heteroatoms. The fourth-order valence-electron chi connectivity index (χ4n) is 0.680. The van der Waals surface area contributed by atoms with Gasteiger partial charge in [-0.15, -0.1) is 0 Å². The summed E-state index contributed by atoms with van der Waals surface area (Å²) in [6.45, 7) is 0. The Kier molecular flexibility index (Phi) is 3.76. The Labute approximate surface area is 86.2 Å². The molecule has 0 fully saturated rings. The summed E-state index contributed by atoms with van der Waals surface area (Å²) in [6.07, 6.45) is -9.07. The van der Waals surface area contributed by atoms with E-state index in [1.165, 1.54) is 0 Å². The van der Waals surface area contributed by atoms with Crippen molar-refractivity contribution in [3.05, 3.63) is 23.7 Å². The Bertz CT molecular complexity index is 270. The van der Waals surface area contributed by atoms with E-state index in [-0.39, 0.29) is 25.1 Å². The van der Waals surface area contributed by atoms with Gasteiger partial charge in [0.1, 0.15) is 0 Å². The molecule has 0 aliphatic heterocycles. The first kappa shape index (κ1) is 13.5. The average Bonchev–Trinajstić information content (AvgIpc) is 2.27. The smallest absolute Gasteiger partial charge is 0.598 e. The van der Waals surface area contributed by atoms with Gasteiger partial charge in [0.2, 0.25) is 0 Å². The van der Waals surface area contributed by atoms with Gasteiger partial charge in [-0.3, -0.25) is 0 Å². The Morgan fingerprint density at radius 2 is 1.50 bits per heavy atom. The van der Waals surface area contributed by atoms with E-state index in [0.29, 0.717) is 0 Å². The zero-order valence-electron chi connectivity index (χ0n) is 6.75. The first-order valence-electron chi connectivity index (χ1n) is 2.86. The van der Waals surface area contributed by atoms with Crippen LogP contribution in [0, 0.1) is 6.26 Å². The van der Waals surface area contributed by atoms with Gasteiger partial charge in [0, 0.05) is 6.26 Å². The van der Waals surface area contributed by atoms with E-state index in [1.807, 2.05) is 0 Å². The molecule has 0 saturated carbocycles. The predicted octanol–water partition coefficient (Wildman–Crippen LogP) is 0.121. The van der Waals surface area contributed by atoms with Crippen LogP contribution in [0.3, 0.4) is 0 Å². The van der Waals surface area contributed by atoms with Gasteiger partial charge in [0.25, 0.3) is 0 Å². The van der Waals surface area contributed by atoms with Crippen molar-refractivity contribution in [3.8, 4) is 0 Å². The van der Waals surface area contributed by atoms with Crippen LogP contribution in [-0.2, 0) is 12.4 Å². The van der Waals surface area contributed by atoms with E-state index in [2.05, 4.69) is 4.42 Å². The first-order valence-corrected chi connectivity index (χ1v) is 2.86. The molecule has 74 valence electrons. The van der Waals surface area contributed by atoms with E-state index in [0.717, 1.165) is 6.26 Å². The van der Waals surface area contributed by atoms with E-state index in [4.69, 9.17) is 0 Å². The molecule has 1 aromatic heterocycles. The third kappa shape index (κ3) is 2.72. The van der Waals surface area contributed by atoms with Crippen LogP contribution in [0.15, 0.2) is 10.7 Å². The summed E-state index contributed by atoms with van der Waals surface area (Å²) in [4.78, 5) is 0. The van der Waals surface area contributed by atoms with Gasteiger partial charge in [0.15, 0.2) is 0 Å².